The molecule has 0 aromatic heterocycles. The van der Waals surface area contributed by atoms with Crippen molar-refractivity contribution in [1.29, 1.82) is 0 Å². The van der Waals surface area contributed by atoms with E-state index in [0.29, 0.717) is 13.1 Å². The van der Waals surface area contributed by atoms with Crippen LogP contribution in [-0.4, -0.2) is 29.7 Å². The van der Waals surface area contributed by atoms with Gasteiger partial charge in [-0.05, 0) is 26.7 Å². The number of alkyl halides is 3. The van der Waals surface area contributed by atoms with Crippen LogP contribution >= 0.6 is 0 Å². The van der Waals surface area contributed by atoms with Crippen LogP contribution in [0.15, 0.2) is 0 Å². The molecule has 1 saturated heterocycles. The molecule has 0 bridgehead atoms. The lowest BCUT2D eigenvalue weighted by molar-refractivity contribution is -0.160. The monoisotopic (exact) mass is 195 g/mol. The van der Waals surface area contributed by atoms with E-state index in [1.165, 1.54) is 0 Å². The Morgan fingerprint density at radius 2 is 1.62 bits per heavy atom. The maximum absolute atomic E-state index is 11.9. The molecular weight excluding hydrogens is 179 g/mol. The van der Waals surface area contributed by atoms with Gasteiger partial charge in [0.1, 0.15) is 0 Å². The van der Waals surface area contributed by atoms with Crippen LogP contribution in [0.5, 0.6) is 0 Å². The summed E-state index contributed by atoms with van der Waals surface area (Å²) in [6, 6.07) is 0. The molecule has 0 N–H and O–H groups in total. The van der Waals surface area contributed by atoms with E-state index in [4.69, 9.17) is 0 Å². The Labute approximate surface area is 76.9 Å². The molecule has 78 valence electrons. The van der Waals surface area contributed by atoms with Gasteiger partial charge in [-0.15, -0.1) is 0 Å². The lowest BCUT2D eigenvalue weighted by Gasteiger charge is -2.48. The predicted molar refractivity (Wildman–Crippen MR) is 45.5 cm³/mol. The molecule has 0 spiro atoms. The number of likely N-dealkylation sites (tertiary alicyclic amines) is 1. The van der Waals surface area contributed by atoms with Crippen molar-refractivity contribution in [2.75, 3.05) is 13.1 Å². The molecular formula is C9H16F3N. The average molecular weight is 195 g/mol. The Hall–Kier alpha value is -0.250. The van der Waals surface area contributed by atoms with Gasteiger partial charge in [0.2, 0.25) is 0 Å². The first-order valence-electron chi connectivity index (χ1n) is 4.50. The predicted octanol–water partition coefficient (Wildman–Crippen LogP) is 2.67. The Bertz CT molecular complexity index is 174. The molecule has 4 heteroatoms. The van der Waals surface area contributed by atoms with Gasteiger partial charge in [0, 0.05) is 25.0 Å². The van der Waals surface area contributed by atoms with E-state index in [9.17, 15) is 13.2 Å². The van der Waals surface area contributed by atoms with Crippen molar-refractivity contribution in [2.45, 2.75) is 38.9 Å². The molecule has 0 aromatic rings. The number of hydrogen-bond donors (Lipinski definition) is 0. The van der Waals surface area contributed by atoms with Gasteiger partial charge in [-0.3, -0.25) is 4.90 Å². The summed E-state index contributed by atoms with van der Waals surface area (Å²) in [7, 11) is 0. The Balaban J connectivity index is 2.27. The zero-order chi connectivity index (χ0) is 10.3. The minimum Gasteiger partial charge on any atom is -0.298 e. The summed E-state index contributed by atoms with van der Waals surface area (Å²) in [5.41, 5.74) is 0.0160. The fraction of sp³-hybridized carbons (Fsp3) is 1.00. The van der Waals surface area contributed by atoms with Gasteiger partial charge in [-0.1, -0.05) is 0 Å². The molecule has 1 rings (SSSR count). The second-order valence-corrected chi connectivity index (χ2v) is 4.76. The molecule has 1 heterocycles. The third kappa shape index (κ3) is 3.18. The van der Waals surface area contributed by atoms with Crippen LogP contribution in [0.4, 0.5) is 13.2 Å². The Morgan fingerprint density at radius 1 is 1.15 bits per heavy atom. The van der Waals surface area contributed by atoms with Crippen LogP contribution in [0.1, 0.15) is 27.2 Å². The molecule has 1 fully saturated rings. The first kappa shape index (κ1) is 10.8. The highest BCUT2D eigenvalue weighted by Crippen LogP contribution is 2.33. The summed E-state index contributed by atoms with van der Waals surface area (Å²) in [5, 5.41) is 0. The second-order valence-electron chi connectivity index (χ2n) is 4.76. The fourth-order valence-electron chi connectivity index (χ4n) is 1.57. The number of rotatable bonds is 1. The molecule has 1 aliphatic heterocycles. The first-order valence-corrected chi connectivity index (χ1v) is 4.50. The Morgan fingerprint density at radius 3 is 1.92 bits per heavy atom. The van der Waals surface area contributed by atoms with Crippen LogP contribution in [0, 0.1) is 5.92 Å². The van der Waals surface area contributed by atoms with Gasteiger partial charge in [-0.2, -0.15) is 13.2 Å². The van der Waals surface area contributed by atoms with Crippen molar-refractivity contribution < 1.29 is 13.2 Å². The topological polar surface area (TPSA) is 3.24 Å². The van der Waals surface area contributed by atoms with E-state index >= 15 is 0 Å². The van der Waals surface area contributed by atoms with Crippen LogP contribution in [0.25, 0.3) is 0 Å². The van der Waals surface area contributed by atoms with Crippen molar-refractivity contribution in [1.82, 2.24) is 4.90 Å². The van der Waals surface area contributed by atoms with Crippen molar-refractivity contribution >= 4 is 0 Å². The van der Waals surface area contributed by atoms with Crippen LogP contribution in [-0.2, 0) is 0 Å². The molecule has 0 aliphatic carbocycles. The molecule has 13 heavy (non-hydrogen) atoms. The third-order valence-electron chi connectivity index (χ3n) is 2.43. The molecule has 1 nitrogen and oxygen atoms in total. The number of hydrogen-bond acceptors (Lipinski definition) is 1. The van der Waals surface area contributed by atoms with Gasteiger partial charge < -0.3 is 0 Å². The fourth-order valence-corrected chi connectivity index (χ4v) is 1.57. The zero-order valence-corrected chi connectivity index (χ0v) is 8.28. The summed E-state index contributed by atoms with van der Waals surface area (Å²) in [5.74, 6) is -0.181. The van der Waals surface area contributed by atoms with Crippen molar-refractivity contribution in [3.8, 4) is 0 Å². The lowest BCUT2D eigenvalue weighted by Crippen LogP contribution is -2.56. The van der Waals surface area contributed by atoms with Gasteiger partial charge >= 0.3 is 6.18 Å². The molecule has 0 unspecified atom stereocenters. The molecule has 0 aromatic carbocycles. The minimum atomic E-state index is -3.99. The summed E-state index contributed by atoms with van der Waals surface area (Å²) < 4.78 is 35.8. The van der Waals surface area contributed by atoms with E-state index in [1.54, 1.807) is 0 Å². The SMILES string of the molecule is CC(C)(C)N1CC(CC(F)(F)F)C1. The summed E-state index contributed by atoms with van der Waals surface area (Å²) in [6.45, 7) is 7.25. The van der Waals surface area contributed by atoms with Crippen molar-refractivity contribution in [3.63, 3.8) is 0 Å². The minimum absolute atomic E-state index is 0.0160. The highest BCUT2D eigenvalue weighted by Gasteiger charge is 2.40. The standard InChI is InChI=1S/C9H16F3N/c1-8(2,3)13-5-7(6-13)4-9(10,11)12/h7H,4-6H2,1-3H3. The van der Waals surface area contributed by atoms with Gasteiger partial charge in [0.15, 0.2) is 0 Å². The molecule has 0 saturated carbocycles. The van der Waals surface area contributed by atoms with Gasteiger partial charge in [0.05, 0.1) is 0 Å². The highest BCUT2D eigenvalue weighted by molar-refractivity contribution is 4.89. The van der Waals surface area contributed by atoms with Crippen molar-refractivity contribution in [3.05, 3.63) is 0 Å². The molecule has 1 aliphatic rings. The maximum atomic E-state index is 11.9. The lowest BCUT2D eigenvalue weighted by atomic mass is 9.90. The largest absolute Gasteiger partial charge is 0.389 e. The van der Waals surface area contributed by atoms with E-state index in [1.807, 2.05) is 20.8 Å². The second kappa shape index (κ2) is 3.15. The third-order valence-corrected chi connectivity index (χ3v) is 2.43. The highest BCUT2D eigenvalue weighted by atomic mass is 19.4. The average Bonchev–Trinajstić information content (AvgIpc) is 1.71. The van der Waals surface area contributed by atoms with Crippen molar-refractivity contribution in [2.24, 2.45) is 5.92 Å². The maximum Gasteiger partial charge on any atom is 0.389 e. The van der Waals surface area contributed by atoms with Crippen LogP contribution in [0.3, 0.4) is 0 Å². The molecule has 0 amide bonds. The van der Waals surface area contributed by atoms with E-state index in [0.717, 1.165) is 0 Å². The smallest absolute Gasteiger partial charge is 0.298 e. The van der Waals surface area contributed by atoms with Crippen LogP contribution < -0.4 is 0 Å². The number of halogens is 3. The summed E-state index contributed by atoms with van der Waals surface area (Å²) in [4.78, 5) is 2.07. The molecule has 0 atom stereocenters. The van der Waals surface area contributed by atoms with E-state index in [2.05, 4.69) is 4.90 Å². The zero-order valence-electron chi connectivity index (χ0n) is 8.28. The quantitative estimate of drug-likeness (QED) is 0.621. The van der Waals surface area contributed by atoms with Crippen LogP contribution in [0.2, 0.25) is 0 Å². The first-order chi connectivity index (χ1) is 5.68. The van der Waals surface area contributed by atoms with Gasteiger partial charge in [-0.25, -0.2) is 0 Å². The molecule has 0 radical (unpaired) electrons. The normalized spacial score (nSPS) is 21.7. The summed E-state index contributed by atoms with van der Waals surface area (Å²) in [6.07, 6.45) is -4.62. The van der Waals surface area contributed by atoms with E-state index in [-0.39, 0.29) is 11.5 Å². The van der Waals surface area contributed by atoms with Gasteiger partial charge in [0.25, 0.3) is 0 Å². The Kier molecular flexibility index (Phi) is 2.63. The number of nitrogens with zero attached hydrogens (tertiary/aromatic N) is 1. The van der Waals surface area contributed by atoms with E-state index < -0.39 is 12.6 Å². The summed E-state index contributed by atoms with van der Waals surface area (Å²) >= 11 is 0.